The monoisotopic (exact) mass is 527 g/mol. The van der Waals surface area contributed by atoms with Crippen LogP contribution in [-0.4, -0.2) is 61.8 Å². The van der Waals surface area contributed by atoms with Crippen LogP contribution in [-0.2, 0) is 14.8 Å². The van der Waals surface area contributed by atoms with E-state index < -0.39 is 15.9 Å². The number of nitrogens with one attached hydrogen (secondary N) is 2. The van der Waals surface area contributed by atoms with Crippen LogP contribution in [0.4, 0.5) is 11.4 Å². The Morgan fingerprint density at radius 1 is 0.865 bits per heavy atom. The Bertz CT molecular complexity index is 1360. The van der Waals surface area contributed by atoms with Gasteiger partial charge in [0, 0.05) is 32.3 Å². The van der Waals surface area contributed by atoms with Crippen molar-refractivity contribution in [2.75, 3.05) is 51.2 Å². The standard InChI is InChI=1S/C26H29N3O7S/c1-29(37(32,33)20-13-14-23(35-3)24(17-20)36-4)19-11-9-18(10-12-19)25(30)28-22-8-6-5-7-21(22)26(31)27-15-16-34-2/h5-14,17H,15-16H2,1-4H3,(H,27,31)(H,28,30). The van der Waals surface area contributed by atoms with Crippen molar-refractivity contribution >= 4 is 33.2 Å². The third-order valence-electron chi connectivity index (χ3n) is 5.52. The van der Waals surface area contributed by atoms with Crippen LogP contribution in [0.1, 0.15) is 20.7 Å². The molecule has 0 bridgehead atoms. The third kappa shape index (κ3) is 6.38. The van der Waals surface area contributed by atoms with Gasteiger partial charge in [-0.05, 0) is 48.5 Å². The zero-order valence-electron chi connectivity index (χ0n) is 21.0. The third-order valence-corrected chi connectivity index (χ3v) is 7.30. The molecule has 0 saturated carbocycles. The van der Waals surface area contributed by atoms with Gasteiger partial charge >= 0.3 is 0 Å². The van der Waals surface area contributed by atoms with Gasteiger partial charge in [0.05, 0.1) is 42.7 Å². The molecule has 0 heterocycles. The molecular weight excluding hydrogens is 498 g/mol. The van der Waals surface area contributed by atoms with Crippen LogP contribution < -0.4 is 24.4 Å². The fourth-order valence-corrected chi connectivity index (χ4v) is 4.65. The Labute approximate surface area is 216 Å². The van der Waals surface area contributed by atoms with Gasteiger partial charge in [-0.1, -0.05) is 12.1 Å². The predicted molar refractivity (Wildman–Crippen MR) is 140 cm³/mol. The van der Waals surface area contributed by atoms with E-state index in [-0.39, 0.29) is 22.1 Å². The number of carbonyl (C=O) groups excluding carboxylic acids is 2. The second-order valence-corrected chi connectivity index (χ2v) is 9.75. The SMILES string of the molecule is COCCNC(=O)c1ccccc1NC(=O)c1ccc(N(C)S(=O)(=O)c2ccc(OC)c(OC)c2)cc1. The van der Waals surface area contributed by atoms with Crippen molar-refractivity contribution in [1.82, 2.24) is 5.32 Å². The number of para-hydroxylation sites is 1. The highest BCUT2D eigenvalue weighted by atomic mass is 32.2. The van der Waals surface area contributed by atoms with Crippen molar-refractivity contribution < 1.29 is 32.2 Å². The Morgan fingerprint density at radius 2 is 1.54 bits per heavy atom. The maximum absolute atomic E-state index is 13.2. The summed E-state index contributed by atoms with van der Waals surface area (Å²) in [5.41, 5.74) is 1.29. The fourth-order valence-electron chi connectivity index (χ4n) is 3.44. The molecule has 0 unspecified atom stereocenters. The summed E-state index contributed by atoms with van der Waals surface area (Å²) in [6, 6.07) is 17.0. The molecule has 10 nitrogen and oxygen atoms in total. The maximum atomic E-state index is 13.2. The van der Waals surface area contributed by atoms with Gasteiger partial charge in [-0.25, -0.2) is 8.42 Å². The van der Waals surface area contributed by atoms with Gasteiger partial charge in [-0.15, -0.1) is 0 Å². The molecule has 0 aliphatic rings. The first-order valence-corrected chi connectivity index (χ1v) is 12.7. The van der Waals surface area contributed by atoms with Crippen LogP contribution in [0.5, 0.6) is 11.5 Å². The van der Waals surface area contributed by atoms with Crippen LogP contribution >= 0.6 is 0 Å². The Morgan fingerprint density at radius 3 is 2.19 bits per heavy atom. The molecule has 0 fully saturated rings. The molecule has 0 saturated heterocycles. The number of ether oxygens (including phenoxy) is 3. The number of rotatable bonds is 11. The smallest absolute Gasteiger partial charge is 0.264 e. The first-order chi connectivity index (χ1) is 17.7. The predicted octanol–water partition coefficient (Wildman–Crippen LogP) is 3.16. The number of nitrogens with zero attached hydrogens (tertiary/aromatic N) is 1. The first kappa shape index (κ1) is 27.5. The molecule has 0 spiro atoms. The van der Waals surface area contributed by atoms with Crippen molar-refractivity contribution in [1.29, 1.82) is 0 Å². The molecule has 2 N–H and O–H groups in total. The second-order valence-electron chi connectivity index (χ2n) is 7.78. The van der Waals surface area contributed by atoms with Crippen molar-refractivity contribution in [3.8, 4) is 11.5 Å². The highest BCUT2D eigenvalue weighted by molar-refractivity contribution is 7.92. The number of hydrogen-bond donors (Lipinski definition) is 2. The van der Waals surface area contributed by atoms with Gasteiger partial charge < -0.3 is 24.8 Å². The number of carbonyl (C=O) groups is 2. The van der Waals surface area contributed by atoms with Crippen molar-refractivity contribution in [2.45, 2.75) is 4.90 Å². The number of benzene rings is 3. The summed E-state index contributed by atoms with van der Waals surface area (Å²) in [4.78, 5) is 25.4. The highest BCUT2D eigenvalue weighted by Gasteiger charge is 2.23. The first-order valence-electron chi connectivity index (χ1n) is 11.2. The minimum Gasteiger partial charge on any atom is -0.493 e. The topological polar surface area (TPSA) is 123 Å². The number of amides is 2. The quantitative estimate of drug-likeness (QED) is 0.367. The van der Waals surface area contributed by atoms with Crippen molar-refractivity contribution in [3.05, 3.63) is 77.9 Å². The molecule has 11 heteroatoms. The second kappa shape index (κ2) is 12.2. The maximum Gasteiger partial charge on any atom is 0.264 e. The summed E-state index contributed by atoms with van der Waals surface area (Å²) in [6.07, 6.45) is 0. The lowest BCUT2D eigenvalue weighted by molar-refractivity contribution is 0.0938. The number of hydrogen-bond acceptors (Lipinski definition) is 7. The van der Waals surface area contributed by atoms with Crippen molar-refractivity contribution in [2.24, 2.45) is 0 Å². The summed E-state index contributed by atoms with van der Waals surface area (Å²) in [5.74, 6) is -0.0930. The van der Waals surface area contributed by atoms with E-state index in [0.29, 0.717) is 35.8 Å². The average Bonchev–Trinajstić information content (AvgIpc) is 2.92. The van der Waals surface area contributed by atoms with Crippen LogP contribution in [0.15, 0.2) is 71.6 Å². The molecule has 0 aromatic heterocycles. The normalized spacial score (nSPS) is 10.9. The molecule has 0 aliphatic carbocycles. The summed E-state index contributed by atoms with van der Waals surface area (Å²) in [6.45, 7) is 0.696. The summed E-state index contributed by atoms with van der Waals surface area (Å²) in [7, 11) is 1.93. The summed E-state index contributed by atoms with van der Waals surface area (Å²) >= 11 is 0. The van der Waals surface area contributed by atoms with E-state index in [1.165, 1.54) is 70.8 Å². The number of sulfonamides is 1. The van der Waals surface area contributed by atoms with E-state index in [2.05, 4.69) is 10.6 Å². The zero-order chi connectivity index (χ0) is 27.0. The average molecular weight is 528 g/mol. The largest absolute Gasteiger partial charge is 0.493 e. The lowest BCUT2D eigenvalue weighted by Gasteiger charge is -2.20. The molecule has 196 valence electrons. The Kier molecular flexibility index (Phi) is 9.10. The minimum atomic E-state index is -3.91. The molecule has 3 rings (SSSR count). The fraction of sp³-hybridized carbons (Fsp3) is 0.231. The van der Waals surface area contributed by atoms with E-state index in [9.17, 15) is 18.0 Å². The van der Waals surface area contributed by atoms with E-state index in [4.69, 9.17) is 14.2 Å². The van der Waals surface area contributed by atoms with Crippen LogP contribution in [0.25, 0.3) is 0 Å². The molecule has 0 aliphatic heterocycles. The van der Waals surface area contributed by atoms with Crippen molar-refractivity contribution in [3.63, 3.8) is 0 Å². The minimum absolute atomic E-state index is 0.0230. The van der Waals surface area contributed by atoms with Crippen LogP contribution in [0.3, 0.4) is 0 Å². The molecule has 0 radical (unpaired) electrons. The van der Waals surface area contributed by atoms with E-state index in [1.807, 2.05) is 0 Å². The van der Waals surface area contributed by atoms with E-state index in [1.54, 1.807) is 24.3 Å². The molecule has 37 heavy (non-hydrogen) atoms. The van der Waals surface area contributed by atoms with Gasteiger partial charge in [-0.2, -0.15) is 0 Å². The van der Waals surface area contributed by atoms with Gasteiger partial charge in [0.2, 0.25) is 0 Å². The Balaban J connectivity index is 1.76. The van der Waals surface area contributed by atoms with Gasteiger partial charge in [-0.3, -0.25) is 13.9 Å². The van der Waals surface area contributed by atoms with E-state index in [0.717, 1.165) is 4.31 Å². The molecular formula is C26H29N3O7S. The number of anilines is 2. The zero-order valence-corrected chi connectivity index (χ0v) is 21.8. The van der Waals surface area contributed by atoms with Gasteiger partial charge in [0.1, 0.15) is 0 Å². The van der Waals surface area contributed by atoms with Crippen LogP contribution in [0.2, 0.25) is 0 Å². The van der Waals surface area contributed by atoms with E-state index >= 15 is 0 Å². The Hall–Kier alpha value is -4.09. The highest BCUT2D eigenvalue weighted by Crippen LogP contribution is 2.31. The lowest BCUT2D eigenvalue weighted by atomic mass is 10.1. The summed E-state index contributed by atoms with van der Waals surface area (Å²) < 4.78 is 42.7. The molecule has 2 amide bonds. The van der Waals surface area contributed by atoms with Crippen LogP contribution in [0, 0.1) is 0 Å². The number of methoxy groups -OCH3 is 3. The summed E-state index contributed by atoms with van der Waals surface area (Å²) in [5, 5.41) is 5.46. The molecule has 3 aromatic carbocycles. The molecule has 3 aromatic rings. The molecule has 0 atom stereocenters. The van der Waals surface area contributed by atoms with Gasteiger partial charge in [0.15, 0.2) is 11.5 Å². The van der Waals surface area contributed by atoms with Gasteiger partial charge in [0.25, 0.3) is 21.8 Å². The lowest BCUT2D eigenvalue weighted by Crippen LogP contribution is -2.28.